The molecule has 2 aromatic carbocycles. The van der Waals surface area contributed by atoms with E-state index in [4.69, 9.17) is 4.74 Å². The molecule has 0 spiro atoms. The number of hydrogen-bond donors (Lipinski definition) is 0. The van der Waals surface area contributed by atoms with Gasteiger partial charge in [0, 0.05) is 17.3 Å². The molecule has 0 saturated carbocycles. The zero-order chi connectivity index (χ0) is 17.8. The lowest BCUT2D eigenvalue weighted by Crippen LogP contribution is -2.10. The second-order valence-corrected chi connectivity index (χ2v) is 7.39. The first-order chi connectivity index (χ1) is 12.0. The molecule has 0 N–H and O–H groups in total. The number of rotatable bonds is 6. The molecule has 4 nitrogen and oxygen atoms in total. The molecular formula is C18H17BrFN3OS. The summed E-state index contributed by atoms with van der Waals surface area (Å²) in [5, 5.41) is 9.32. The largest absolute Gasteiger partial charge is 0.483 e. The molecule has 1 atom stereocenters. The van der Waals surface area contributed by atoms with Crippen molar-refractivity contribution in [1.82, 2.24) is 14.8 Å². The fourth-order valence-electron chi connectivity index (χ4n) is 2.30. The van der Waals surface area contributed by atoms with E-state index in [1.54, 1.807) is 23.9 Å². The van der Waals surface area contributed by atoms with Crippen LogP contribution in [-0.4, -0.2) is 14.8 Å². The number of ether oxygens (including phenoxy) is 1. The second kappa shape index (κ2) is 8.01. The van der Waals surface area contributed by atoms with Crippen LogP contribution in [0, 0.1) is 5.82 Å². The van der Waals surface area contributed by atoms with Crippen molar-refractivity contribution in [2.45, 2.75) is 23.9 Å². The van der Waals surface area contributed by atoms with Gasteiger partial charge in [-0.15, -0.1) is 10.2 Å². The normalized spacial score (nSPS) is 12.2. The summed E-state index contributed by atoms with van der Waals surface area (Å²) in [6.07, 6.45) is -0.287. The maximum Gasteiger partial charge on any atom is 0.191 e. The average Bonchev–Trinajstić information content (AvgIpc) is 2.97. The number of nitrogens with zero attached hydrogens (tertiary/aromatic N) is 3. The second-order valence-electron chi connectivity index (χ2n) is 5.53. The summed E-state index contributed by atoms with van der Waals surface area (Å²) < 4.78 is 21.8. The molecule has 0 fully saturated rings. The van der Waals surface area contributed by atoms with Gasteiger partial charge >= 0.3 is 0 Å². The third-order valence-corrected chi connectivity index (χ3v) is 5.26. The molecular weight excluding hydrogens is 405 g/mol. The SMILES string of the molecule is CC(Oc1ccc(F)cc1)c1nnc(SCc2ccc(Br)cc2)n1C. The lowest BCUT2D eigenvalue weighted by Gasteiger charge is -2.14. The molecule has 0 bridgehead atoms. The summed E-state index contributed by atoms with van der Waals surface area (Å²) in [6, 6.07) is 14.2. The van der Waals surface area contributed by atoms with Crippen LogP contribution in [0.2, 0.25) is 0 Å². The Bertz CT molecular complexity index is 837. The highest BCUT2D eigenvalue weighted by Gasteiger charge is 2.17. The minimum absolute atomic E-state index is 0.287. The van der Waals surface area contributed by atoms with Gasteiger partial charge in [0.25, 0.3) is 0 Å². The minimum Gasteiger partial charge on any atom is -0.483 e. The predicted molar refractivity (Wildman–Crippen MR) is 100 cm³/mol. The smallest absolute Gasteiger partial charge is 0.191 e. The van der Waals surface area contributed by atoms with Crippen LogP contribution in [0.3, 0.4) is 0 Å². The first-order valence-electron chi connectivity index (χ1n) is 7.71. The van der Waals surface area contributed by atoms with Gasteiger partial charge < -0.3 is 9.30 Å². The van der Waals surface area contributed by atoms with E-state index in [-0.39, 0.29) is 11.9 Å². The fourth-order valence-corrected chi connectivity index (χ4v) is 3.44. The Balaban J connectivity index is 1.65. The quantitative estimate of drug-likeness (QED) is 0.516. The van der Waals surface area contributed by atoms with E-state index in [0.29, 0.717) is 5.75 Å². The van der Waals surface area contributed by atoms with Gasteiger partial charge in [-0.3, -0.25) is 0 Å². The minimum atomic E-state index is -0.287. The monoisotopic (exact) mass is 421 g/mol. The number of thioether (sulfide) groups is 1. The number of halogens is 2. The summed E-state index contributed by atoms with van der Waals surface area (Å²) in [4.78, 5) is 0. The molecule has 0 saturated heterocycles. The summed E-state index contributed by atoms with van der Waals surface area (Å²) >= 11 is 5.06. The van der Waals surface area contributed by atoms with Crippen molar-refractivity contribution >= 4 is 27.7 Å². The van der Waals surface area contributed by atoms with Crippen LogP contribution in [0.15, 0.2) is 58.2 Å². The van der Waals surface area contributed by atoms with E-state index in [9.17, 15) is 4.39 Å². The topological polar surface area (TPSA) is 39.9 Å². The van der Waals surface area contributed by atoms with E-state index < -0.39 is 0 Å². The molecule has 1 heterocycles. The Kier molecular flexibility index (Phi) is 5.75. The van der Waals surface area contributed by atoms with Crippen LogP contribution in [0.4, 0.5) is 4.39 Å². The Morgan fingerprint density at radius 1 is 1.12 bits per heavy atom. The maximum absolute atomic E-state index is 13.0. The number of aromatic nitrogens is 3. The van der Waals surface area contributed by atoms with Crippen LogP contribution in [0.1, 0.15) is 24.4 Å². The van der Waals surface area contributed by atoms with E-state index >= 15 is 0 Å². The van der Waals surface area contributed by atoms with E-state index in [1.165, 1.54) is 17.7 Å². The van der Waals surface area contributed by atoms with Crippen LogP contribution >= 0.6 is 27.7 Å². The molecule has 1 aromatic heterocycles. The molecule has 0 aliphatic carbocycles. The summed E-state index contributed by atoms with van der Waals surface area (Å²) in [6.45, 7) is 1.90. The van der Waals surface area contributed by atoms with Crippen LogP contribution in [0.5, 0.6) is 5.75 Å². The molecule has 7 heteroatoms. The van der Waals surface area contributed by atoms with Gasteiger partial charge in [-0.05, 0) is 48.9 Å². The van der Waals surface area contributed by atoms with Crippen LogP contribution in [0.25, 0.3) is 0 Å². The Morgan fingerprint density at radius 3 is 2.48 bits per heavy atom. The molecule has 3 aromatic rings. The van der Waals surface area contributed by atoms with Gasteiger partial charge in [0.2, 0.25) is 0 Å². The summed E-state index contributed by atoms with van der Waals surface area (Å²) in [7, 11) is 1.92. The van der Waals surface area contributed by atoms with Crippen molar-refractivity contribution in [2.24, 2.45) is 7.05 Å². The van der Waals surface area contributed by atoms with Crippen molar-refractivity contribution in [3.05, 3.63) is 70.2 Å². The molecule has 0 radical (unpaired) electrons. The van der Waals surface area contributed by atoms with Gasteiger partial charge in [-0.1, -0.05) is 39.8 Å². The van der Waals surface area contributed by atoms with E-state index in [1.807, 2.05) is 30.7 Å². The van der Waals surface area contributed by atoms with Crippen molar-refractivity contribution in [3.8, 4) is 5.75 Å². The van der Waals surface area contributed by atoms with Crippen molar-refractivity contribution in [2.75, 3.05) is 0 Å². The van der Waals surface area contributed by atoms with Crippen molar-refractivity contribution in [1.29, 1.82) is 0 Å². The standard InChI is InChI=1S/C18H17BrFN3OS/c1-12(24-16-9-7-15(20)8-10-16)17-21-22-18(23(17)2)25-11-13-3-5-14(19)6-4-13/h3-10,12H,11H2,1-2H3. The predicted octanol–water partition coefficient (Wildman–Crippen LogP) is 5.15. The van der Waals surface area contributed by atoms with Crippen molar-refractivity contribution < 1.29 is 9.13 Å². The fraction of sp³-hybridized carbons (Fsp3) is 0.222. The van der Waals surface area contributed by atoms with Gasteiger partial charge in [0.1, 0.15) is 11.6 Å². The molecule has 25 heavy (non-hydrogen) atoms. The van der Waals surface area contributed by atoms with E-state index in [0.717, 1.165) is 21.2 Å². The lowest BCUT2D eigenvalue weighted by atomic mass is 10.2. The lowest BCUT2D eigenvalue weighted by molar-refractivity contribution is 0.211. The molecule has 0 aliphatic rings. The molecule has 1 unspecified atom stereocenters. The van der Waals surface area contributed by atoms with Gasteiger partial charge in [0.15, 0.2) is 17.1 Å². The van der Waals surface area contributed by atoms with Gasteiger partial charge in [-0.25, -0.2) is 4.39 Å². The van der Waals surface area contributed by atoms with Gasteiger partial charge in [-0.2, -0.15) is 0 Å². The van der Waals surface area contributed by atoms with Crippen LogP contribution < -0.4 is 4.74 Å². The highest BCUT2D eigenvalue weighted by molar-refractivity contribution is 9.10. The van der Waals surface area contributed by atoms with Crippen molar-refractivity contribution in [3.63, 3.8) is 0 Å². The number of hydrogen-bond acceptors (Lipinski definition) is 4. The Labute approximate surface area is 158 Å². The average molecular weight is 422 g/mol. The maximum atomic E-state index is 13.0. The third kappa shape index (κ3) is 4.61. The van der Waals surface area contributed by atoms with E-state index in [2.05, 4.69) is 38.3 Å². The molecule has 0 aliphatic heterocycles. The Morgan fingerprint density at radius 2 is 1.80 bits per heavy atom. The van der Waals surface area contributed by atoms with Gasteiger partial charge in [0.05, 0.1) is 0 Å². The molecule has 3 rings (SSSR count). The number of benzene rings is 2. The first kappa shape index (κ1) is 17.9. The molecule has 0 amide bonds. The summed E-state index contributed by atoms with van der Waals surface area (Å²) in [5.74, 6) is 1.85. The zero-order valence-corrected chi connectivity index (χ0v) is 16.2. The molecule has 130 valence electrons. The summed E-state index contributed by atoms with van der Waals surface area (Å²) in [5.41, 5.74) is 1.22. The highest BCUT2D eigenvalue weighted by atomic mass is 79.9. The zero-order valence-electron chi connectivity index (χ0n) is 13.8. The Hall–Kier alpha value is -1.86. The highest BCUT2D eigenvalue weighted by Crippen LogP contribution is 2.26. The third-order valence-electron chi connectivity index (χ3n) is 3.64. The first-order valence-corrected chi connectivity index (χ1v) is 9.49. The van der Waals surface area contributed by atoms with Crippen LogP contribution in [-0.2, 0) is 12.8 Å².